The fourth-order valence-electron chi connectivity index (χ4n) is 2.61. The van der Waals surface area contributed by atoms with E-state index in [1.165, 1.54) is 0 Å². The molecule has 106 valence electrons. The van der Waals surface area contributed by atoms with Crippen molar-refractivity contribution in [1.29, 1.82) is 0 Å². The van der Waals surface area contributed by atoms with Gasteiger partial charge in [0.15, 0.2) is 11.6 Å². The van der Waals surface area contributed by atoms with E-state index in [0.717, 1.165) is 37.5 Å². The van der Waals surface area contributed by atoms with Crippen LogP contribution in [0.3, 0.4) is 0 Å². The normalized spacial score (nSPS) is 27.3. The number of benzene rings is 1. The standard InChI is InChI=1S/C14H19F2NO2/c1-17-14(9-18)6-2-3-11(8-14)19-13-7-10(15)4-5-12(13)16/h4-5,7,11,17-18H,2-3,6,8-9H2,1H3. The summed E-state index contributed by atoms with van der Waals surface area (Å²) in [5.74, 6) is -1.14. The van der Waals surface area contributed by atoms with Crippen LogP contribution in [0.15, 0.2) is 18.2 Å². The van der Waals surface area contributed by atoms with Crippen molar-refractivity contribution in [2.24, 2.45) is 0 Å². The summed E-state index contributed by atoms with van der Waals surface area (Å²) in [5, 5.41) is 12.6. The molecule has 1 aliphatic carbocycles. The quantitative estimate of drug-likeness (QED) is 0.882. The number of hydrogen-bond acceptors (Lipinski definition) is 3. The summed E-state index contributed by atoms with van der Waals surface area (Å²) in [6.07, 6.45) is 2.87. The van der Waals surface area contributed by atoms with Gasteiger partial charge in [0, 0.05) is 18.0 Å². The molecular formula is C14H19F2NO2. The Bertz CT molecular complexity index is 435. The average Bonchev–Trinajstić information content (AvgIpc) is 2.43. The second kappa shape index (κ2) is 5.84. The predicted molar refractivity (Wildman–Crippen MR) is 68.1 cm³/mol. The molecule has 1 aliphatic rings. The first-order valence-corrected chi connectivity index (χ1v) is 6.50. The third kappa shape index (κ3) is 3.22. The monoisotopic (exact) mass is 271 g/mol. The topological polar surface area (TPSA) is 41.5 Å². The van der Waals surface area contributed by atoms with Crippen LogP contribution < -0.4 is 10.1 Å². The lowest BCUT2D eigenvalue weighted by atomic mass is 9.81. The summed E-state index contributed by atoms with van der Waals surface area (Å²) in [4.78, 5) is 0. The number of ether oxygens (including phenoxy) is 1. The van der Waals surface area contributed by atoms with Crippen molar-refractivity contribution in [3.8, 4) is 5.75 Å². The highest BCUT2D eigenvalue weighted by molar-refractivity contribution is 5.25. The maximum atomic E-state index is 13.5. The minimum absolute atomic E-state index is 0.00892. The molecule has 2 atom stereocenters. The molecule has 0 bridgehead atoms. The molecule has 0 spiro atoms. The van der Waals surface area contributed by atoms with Crippen molar-refractivity contribution in [3.05, 3.63) is 29.8 Å². The van der Waals surface area contributed by atoms with Crippen molar-refractivity contribution in [3.63, 3.8) is 0 Å². The van der Waals surface area contributed by atoms with E-state index >= 15 is 0 Å². The van der Waals surface area contributed by atoms with Gasteiger partial charge in [-0.05, 0) is 38.4 Å². The zero-order chi connectivity index (χ0) is 13.9. The lowest BCUT2D eigenvalue weighted by Gasteiger charge is -2.39. The molecule has 0 aliphatic heterocycles. The number of nitrogens with one attached hydrogen (secondary N) is 1. The Kier molecular flexibility index (Phi) is 4.37. The Morgan fingerprint density at radius 1 is 1.47 bits per heavy atom. The fraction of sp³-hybridized carbons (Fsp3) is 0.571. The molecule has 1 aromatic rings. The third-order valence-electron chi connectivity index (χ3n) is 3.82. The Morgan fingerprint density at radius 3 is 2.95 bits per heavy atom. The maximum Gasteiger partial charge on any atom is 0.165 e. The summed E-state index contributed by atoms with van der Waals surface area (Å²) in [7, 11) is 1.79. The number of likely N-dealkylation sites (N-methyl/N-ethyl adjacent to an activating group) is 1. The van der Waals surface area contributed by atoms with E-state index in [1.807, 2.05) is 0 Å². The van der Waals surface area contributed by atoms with Crippen LogP contribution in [0.2, 0.25) is 0 Å². The van der Waals surface area contributed by atoms with Crippen molar-refractivity contribution >= 4 is 0 Å². The van der Waals surface area contributed by atoms with Crippen LogP contribution in [0.5, 0.6) is 5.75 Å². The van der Waals surface area contributed by atoms with E-state index in [-0.39, 0.29) is 24.0 Å². The Balaban J connectivity index is 2.08. The van der Waals surface area contributed by atoms with Gasteiger partial charge in [-0.15, -0.1) is 0 Å². The van der Waals surface area contributed by atoms with Gasteiger partial charge in [0.1, 0.15) is 11.9 Å². The molecule has 0 radical (unpaired) electrons. The van der Waals surface area contributed by atoms with E-state index in [1.54, 1.807) is 7.05 Å². The molecule has 2 rings (SSSR count). The molecule has 0 amide bonds. The number of aliphatic hydroxyl groups excluding tert-OH is 1. The fourth-order valence-corrected chi connectivity index (χ4v) is 2.61. The smallest absolute Gasteiger partial charge is 0.165 e. The van der Waals surface area contributed by atoms with Gasteiger partial charge in [-0.25, -0.2) is 8.78 Å². The van der Waals surface area contributed by atoms with Crippen LogP contribution in [0.4, 0.5) is 8.78 Å². The molecule has 0 saturated heterocycles. The molecule has 1 saturated carbocycles. The van der Waals surface area contributed by atoms with Crippen molar-refractivity contribution < 1.29 is 18.6 Å². The lowest BCUT2D eigenvalue weighted by Crippen LogP contribution is -2.52. The molecular weight excluding hydrogens is 252 g/mol. The lowest BCUT2D eigenvalue weighted by molar-refractivity contribution is 0.0533. The van der Waals surface area contributed by atoms with Gasteiger partial charge in [0.05, 0.1) is 6.61 Å². The molecule has 1 fully saturated rings. The van der Waals surface area contributed by atoms with Gasteiger partial charge in [-0.3, -0.25) is 0 Å². The molecule has 2 unspecified atom stereocenters. The maximum absolute atomic E-state index is 13.5. The highest BCUT2D eigenvalue weighted by Gasteiger charge is 2.35. The average molecular weight is 271 g/mol. The van der Waals surface area contributed by atoms with Crippen LogP contribution in [-0.4, -0.2) is 30.4 Å². The Hall–Kier alpha value is -1.20. The van der Waals surface area contributed by atoms with Gasteiger partial charge in [0.2, 0.25) is 0 Å². The van der Waals surface area contributed by atoms with Gasteiger partial charge in [0.25, 0.3) is 0 Å². The van der Waals surface area contributed by atoms with Crippen molar-refractivity contribution in [2.75, 3.05) is 13.7 Å². The molecule has 5 heteroatoms. The van der Waals surface area contributed by atoms with Crippen LogP contribution in [0.25, 0.3) is 0 Å². The molecule has 19 heavy (non-hydrogen) atoms. The number of halogens is 2. The van der Waals surface area contributed by atoms with E-state index in [9.17, 15) is 13.9 Å². The zero-order valence-corrected chi connectivity index (χ0v) is 11.0. The molecule has 1 aromatic carbocycles. The van der Waals surface area contributed by atoms with E-state index in [4.69, 9.17) is 4.74 Å². The molecule has 2 N–H and O–H groups in total. The number of rotatable bonds is 4. The Morgan fingerprint density at radius 2 is 2.26 bits per heavy atom. The highest BCUT2D eigenvalue weighted by atomic mass is 19.1. The Labute approximate surface area is 111 Å². The molecule has 0 aromatic heterocycles. The number of aliphatic hydroxyl groups is 1. The minimum Gasteiger partial charge on any atom is -0.487 e. The SMILES string of the molecule is CNC1(CO)CCCC(Oc2cc(F)ccc2F)C1. The van der Waals surface area contributed by atoms with Crippen molar-refractivity contribution in [1.82, 2.24) is 5.32 Å². The zero-order valence-electron chi connectivity index (χ0n) is 11.0. The minimum atomic E-state index is -0.564. The second-order valence-corrected chi connectivity index (χ2v) is 5.10. The van der Waals surface area contributed by atoms with E-state index in [0.29, 0.717) is 6.42 Å². The highest BCUT2D eigenvalue weighted by Crippen LogP contribution is 2.31. The molecule has 3 nitrogen and oxygen atoms in total. The number of hydrogen-bond donors (Lipinski definition) is 2. The second-order valence-electron chi connectivity index (χ2n) is 5.10. The van der Waals surface area contributed by atoms with Crippen LogP contribution in [-0.2, 0) is 0 Å². The van der Waals surface area contributed by atoms with Gasteiger partial charge in [-0.2, -0.15) is 0 Å². The van der Waals surface area contributed by atoms with E-state index in [2.05, 4.69) is 5.32 Å². The predicted octanol–water partition coefficient (Wildman–Crippen LogP) is 2.24. The van der Waals surface area contributed by atoms with Crippen LogP contribution >= 0.6 is 0 Å². The first-order chi connectivity index (χ1) is 9.08. The largest absolute Gasteiger partial charge is 0.487 e. The van der Waals surface area contributed by atoms with Gasteiger partial charge >= 0.3 is 0 Å². The van der Waals surface area contributed by atoms with Gasteiger partial charge in [-0.1, -0.05) is 0 Å². The summed E-state index contributed by atoms with van der Waals surface area (Å²) in [5.41, 5.74) is -0.382. The third-order valence-corrected chi connectivity index (χ3v) is 3.82. The first-order valence-electron chi connectivity index (χ1n) is 6.50. The van der Waals surface area contributed by atoms with Crippen molar-refractivity contribution in [2.45, 2.75) is 37.3 Å². The summed E-state index contributed by atoms with van der Waals surface area (Å²) in [6, 6.07) is 3.18. The van der Waals surface area contributed by atoms with Crippen LogP contribution in [0.1, 0.15) is 25.7 Å². The van der Waals surface area contributed by atoms with Crippen LogP contribution in [0, 0.1) is 11.6 Å². The van der Waals surface area contributed by atoms with E-state index < -0.39 is 11.6 Å². The van der Waals surface area contributed by atoms with Gasteiger partial charge < -0.3 is 15.2 Å². The first kappa shape index (κ1) is 14.2. The summed E-state index contributed by atoms with van der Waals surface area (Å²) < 4.78 is 32.2. The molecule has 0 heterocycles. The summed E-state index contributed by atoms with van der Waals surface area (Å²) >= 11 is 0. The summed E-state index contributed by atoms with van der Waals surface area (Å²) in [6.45, 7) is 0.00892.